The van der Waals surface area contributed by atoms with E-state index in [2.05, 4.69) is 0 Å². The molecule has 2 rings (SSSR count). The molecule has 0 aliphatic carbocycles. The number of anilines is 1. The van der Waals surface area contributed by atoms with Gasteiger partial charge in [0.2, 0.25) is 0 Å². The van der Waals surface area contributed by atoms with Crippen molar-refractivity contribution in [3.05, 3.63) is 29.3 Å². The monoisotopic (exact) mass is 443 g/mol. The SMILES string of the molecule is CC(C)CN(C(=O)c1ccc(C(F)(F)F)cc1N)[C@@H]1CCCN(C(=O)OC(C)(C)C)C1. The van der Waals surface area contributed by atoms with Crippen LogP contribution in [0.2, 0.25) is 0 Å². The first-order valence-electron chi connectivity index (χ1n) is 10.4. The van der Waals surface area contributed by atoms with Crippen molar-refractivity contribution in [2.75, 3.05) is 25.4 Å². The molecule has 1 heterocycles. The summed E-state index contributed by atoms with van der Waals surface area (Å²) in [7, 11) is 0. The van der Waals surface area contributed by atoms with Crippen LogP contribution in [0.15, 0.2) is 18.2 Å². The molecule has 174 valence electrons. The van der Waals surface area contributed by atoms with Crippen LogP contribution in [0.1, 0.15) is 63.4 Å². The number of halogens is 3. The summed E-state index contributed by atoms with van der Waals surface area (Å²) >= 11 is 0. The normalized spacial score (nSPS) is 17.6. The van der Waals surface area contributed by atoms with Crippen molar-refractivity contribution in [1.82, 2.24) is 9.80 Å². The van der Waals surface area contributed by atoms with Gasteiger partial charge in [-0.25, -0.2) is 4.79 Å². The topological polar surface area (TPSA) is 75.9 Å². The van der Waals surface area contributed by atoms with Crippen LogP contribution in [0.25, 0.3) is 0 Å². The lowest BCUT2D eigenvalue weighted by Gasteiger charge is -2.40. The number of benzene rings is 1. The van der Waals surface area contributed by atoms with Gasteiger partial charge in [-0.05, 0) is 57.7 Å². The second-order valence-corrected chi connectivity index (χ2v) is 9.37. The van der Waals surface area contributed by atoms with Crippen molar-refractivity contribution in [3.63, 3.8) is 0 Å². The summed E-state index contributed by atoms with van der Waals surface area (Å²) in [4.78, 5) is 29.0. The number of carbonyl (C=O) groups is 2. The fourth-order valence-corrected chi connectivity index (χ4v) is 3.58. The van der Waals surface area contributed by atoms with Crippen LogP contribution in [0.3, 0.4) is 0 Å². The van der Waals surface area contributed by atoms with E-state index >= 15 is 0 Å². The second kappa shape index (κ2) is 9.36. The van der Waals surface area contributed by atoms with Gasteiger partial charge in [-0.3, -0.25) is 4.79 Å². The zero-order valence-corrected chi connectivity index (χ0v) is 18.8. The first-order valence-corrected chi connectivity index (χ1v) is 10.4. The molecule has 0 aromatic heterocycles. The van der Waals surface area contributed by atoms with Crippen LogP contribution in [0.5, 0.6) is 0 Å². The number of nitrogens with two attached hydrogens (primary N) is 1. The van der Waals surface area contributed by atoms with Gasteiger partial charge in [-0.2, -0.15) is 13.2 Å². The van der Waals surface area contributed by atoms with E-state index in [0.717, 1.165) is 18.2 Å². The number of nitrogen functional groups attached to an aromatic ring is 1. The highest BCUT2D eigenvalue weighted by Gasteiger charge is 2.35. The van der Waals surface area contributed by atoms with Gasteiger partial charge in [-0.1, -0.05) is 13.8 Å². The number of amides is 2. The Kier molecular flexibility index (Phi) is 7.49. The lowest BCUT2D eigenvalue weighted by molar-refractivity contribution is -0.137. The minimum Gasteiger partial charge on any atom is -0.444 e. The lowest BCUT2D eigenvalue weighted by atomic mass is 10.00. The van der Waals surface area contributed by atoms with Gasteiger partial charge in [-0.15, -0.1) is 0 Å². The van der Waals surface area contributed by atoms with E-state index in [9.17, 15) is 22.8 Å². The molecule has 2 N–H and O–H groups in total. The molecule has 2 amide bonds. The molecule has 1 aromatic rings. The highest BCUT2D eigenvalue weighted by molar-refractivity contribution is 5.99. The number of ether oxygens (including phenoxy) is 1. The summed E-state index contributed by atoms with van der Waals surface area (Å²) in [5.41, 5.74) is 4.12. The Morgan fingerprint density at radius 3 is 2.42 bits per heavy atom. The summed E-state index contributed by atoms with van der Waals surface area (Å²) in [5.74, 6) is -0.313. The van der Waals surface area contributed by atoms with Crippen molar-refractivity contribution in [2.24, 2.45) is 5.92 Å². The maximum atomic E-state index is 13.3. The van der Waals surface area contributed by atoms with E-state index in [4.69, 9.17) is 10.5 Å². The first kappa shape index (κ1) is 24.8. The zero-order chi connectivity index (χ0) is 23.6. The predicted molar refractivity (Wildman–Crippen MR) is 113 cm³/mol. The molecule has 0 radical (unpaired) electrons. The summed E-state index contributed by atoms with van der Waals surface area (Å²) in [6, 6.07) is 2.50. The average Bonchev–Trinajstić information content (AvgIpc) is 2.63. The maximum Gasteiger partial charge on any atom is 0.416 e. The Balaban J connectivity index is 2.27. The van der Waals surface area contributed by atoms with E-state index in [1.165, 1.54) is 0 Å². The van der Waals surface area contributed by atoms with Crippen molar-refractivity contribution < 1.29 is 27.5 Å². The third-order valence-corrected chi connectivity index (χ3v) is 4.92. The van der Waals surface area contributed by atoms with Crippen LogP contribution in [0.4, 0.5) is 23.7 Å². The molecular formula is C22H32F3N3O3. The van der Waals surface area contributed by atoms with E-state index < -0.39 is 29.3 Å². The van der Waals surface area contributed by atoms with Gasteiger partial charge in [0.1, 0.15) is 5.60 Å². The Labute approximate surface area is 181 Å². The number of alkyl halides is 3. The number of likely N-dealkylation sites (tertiary alicyclic amines) is 1. The number of rotatable bonds is 4. The van der Waals surface area contributed by atoms with Gasteiger partial charge >= 0.3 is 12.3 Å². The molecule has 9 heteroatoms. The molecule has 1 aromatic carbocycles. The number of hydrogen-bond donors (Lipinski definition) is 1. The van der Waals surface area contributed by atoms with Gasteiger partial charge in [0.25, 0.3) is 5.91 Å². The van der Waals surface area contributed by atoms with E-state index in [1.807, 2.05) is 13.8 Å². The Bertz CT molecular complexity index is 803. The zero-order valence-electron chi connectivity index (χ0n) is 18.8. The molecule has 0 bridgehead atoms. The third kappa shape index (κ3) is 6.77. The molecule has 1 aliphatic heterocycles. The van der Waals surface area contributed by atoms with Gasteiger partial charge in [0, 0.05) is 31.4 Å². The standard InChI is InChI=1S/C22H32F3N3O3/c1-14(2)12-28(16-7-6-10-27(13-16)20(30)31-21(3,4)5)19(29)17-9-8-15(11-18(17)26)22(23,24)25/h8-9,11,14,16H,6-7,10,12-13,26H2,1-5H3/t16-/m1/s1. The molecule has 0 saturated carbocycles. The minimum absolute atomic E-state index is 0.0306. The maximum absolute atomic E-state index is 13.3. The fourth-order valence-electron chi connectivity index (χ4n) is 3.58. The third-order valence-electron chi connectivity index (χ3n) is 4.92. The van der Waals surface area contributed by atoms with Gasteiger partial charge in [0.15, 0.2) is 0 Å². The minimum atomic E-state index is -4.54. The number of hydrogen-bond acceptors (Lipinski definition) is 4. The smallest absolute Gasteiger partial charge is 0.416 e. The van der Waals surface area contributed by atoms with E-state index in [-0.39, 0.29) is 23.2 Å². The molecular weight excluding hydrogens is 411 g/mol. The molecule has 1 saturated heterocycles. The molecule has 0 spiro atoms. The summed E-state index contributed by atoms with van der Waals surface area (Å²) < 4.78 is 44.3. The molecule has 1 aliphatic rings. The average molecular weight is 444 g/mol. The fraction of sp³-hybridized carbons (Fsp3) is 0.636. The largest absolute Gasteiger partial charge is 0.444 e. The highest BCUT2D eigenvalue weighted by Crippen LogP contribution is 2.32. The van der Waals surface area contributed by atoms with Crippen LogP contribution in [-0.2, 0) is 10.9 Å². The summed E-state index contributed by atoms with van der Waals surface area (Å²) in [6.45, 7) is 10.5. The predicted octanol–water partition coefficient (Wildman–Crippen LogP) is 4.79. The van der Waals surface area contributed by atoms with Crippen LogP contribution in [-0.4, -0.2) is 53.1 Å². The molecule has 1 atom stereocenters. The van der Waals surface area contributed by atoms with Crippen molar-refractivity contribution >= 4 is 17.7 Å². The Hall–Kier alpha value is -2.45. The first-order chi connectivity index (χ1) is 14.2. The van der Waals surface area contributed by atoms with Crippen LogP contribution >= 0.6 is 0 Å². The van der Waals surface area contributed by atoms with Gasteiger partial charge in [0.05, 0.1) is 11.1 Å². The molecule has 31 heavy (non-hydrogen) atoms. The second-order valence-electron chi connectivity index (χ2n) is 9.37. The van der Waals surface area contributed by atoms with Gasteiger partial charge < -0.3 is 20.3 Å². The Morgan fingerprint density at radius 2 is 1.90 bits per heavy atom. The molecule has 6 nitrogen and oxygen atoms in total. The van der Waals surface area contributed by atoms with E-state index in [1.54, 1.807) is 30.6 Å². The number of carbonyl (C=O) groups excluding carboxylic acids is 2. The highest BCUT2D eigenvalue weighted by atomic mass is 19.4. The van der Waals surface area contributed by atoms with Crippen LogP contribution < -0.4 is 5.73 Å². The Morgan fingerprint density at radius 1 is 1.26 bits per heavy atom. The number of nitrogens with zero attached hydrogens (tertiary/aromatic N) is 2. The van der Waals surface area contributed by atoms with Crippen LogP contribution in [0, 0.1) is 5.92 Å². The van der Waals surface area contributed by atoms with Crippen molar-refractivity contribution in [3.8, 4) is 0 Å². The summed E-state index contributed by atoms with van der Waals surface area (Å²) in [6.07, 6.45) is -3.61. The lowest BCUT2D eigenvalue weighted by Crippen LogP contribution is -2.53. The quantitative estimate of drug-likeness (QED) is 0.679. The molecule has 1 fully saturated rings. The van der Waals surface area contributed by atoms with E-state index in [0.29, 0.717) is 32.5 Å². The van der Waals surface area contributed by atoms with Crippen molar-refractivity contribution in [2.45, 2.75) is 65.3 Å². The van der Waals surface area contributed by atoms with Crippen molar-refractivity contribution in [1.29, 1.82) is 0 Å². The summed E-state index contributed by atoms with van der Waals surface area (Å²) in [5, 5.41) is 0. The molecule has 0 unspecified atom stereocenters. The number of piperidine rings is 1.